The lowest BCUT2D eigenvalue weighted by atomic mass is 9.95. The van der Waals surface area contributed by atoms with Crippen molar-refractivity contribution < 1.29 is 9.84 Å². The summed E-state index contributed by atoms with van der Waals surface area (Å²) >= 11 is 0. The number of aliphatic hydroxyl groups excluding tert-OH is 1. The van der Waals surface area contributed by atoms with E-state index in [1.54, 1.807) is 0 Å². The number of benzene rings is 2. The molecule has 5 nitrogen and oxygen atoms in total. The SMILES string of the molecule is C/C=C\C=C/CN1CCC(c2ccccc2N(CC)Cc2ccc(OCCN(C)CCCCCC)cc2)C1.CO. The summed E-state index contributed by atoms with van der Waals surface area (Å²) in [7, 11) is 3.20. The van der Waals surface area contributed by atoms with Crippen molar-refractivity contribution in [3.8, 4) is 5.75 Å². The molecule has 0 amide bonds. The molecule has 1 unspecified atom stereocenters. The van der Waals surface area contributed by atoms with Gasteiger partial charge >= 0.3 is 0 Å². The Kier molecular flexibility index (Phi) is 17.1. The summed E-state index contributed by atoms with van der Waals surface area (Å²) in [6.45, 7) is 14.7. The third kappa shape index (κ3) is 11.9. The van der Waals surface area contributed by atoms with Crippen LogP contribution >= 0.6 is 0 Å². The average molecular weight is 550 g/mol. The molecule has 222 valence electrons. The van der Waals surface area contributed by atoms with Crippen LogP contribution in [0, 0.1) is 0 Å². The van der Waals surface area contributed by atoms with Crippen LogP contribution in [0.15, 0.2) is 72.8 Å². The number of hydrogen-bond donors (Lipinski definition) is 1. The maximum absolute atomic E-state index is 7.00. The van der Waals surface area contributed by atoms with Gasteiger partial charge in [0.15, 0.2) is 0 Å². The van der Waals surface area contributed by atoms with Gasteiger partial charge in [-0.2, -0.15) is 0 Å². The maximum atomic E-state index is 7.00. The van der Waals surface area contributed by atoms with Gasteiger partial charge in [-0.15, -0.1) is 0 Å². The number of likely N-dealkylation sites (N-methyl/N-ethyl adjacent to an activating group) is 1. The van der Waals surface area contributed by atoms with Crippen LogP contribution in [0.2, 0.25) is 0 Å². The van der Waals surface area contributed by atoms with E-state index in [1.165, 1.54) is 55.5 Å². The Morgan fingerprint density at radius 2 is 1.75 bits per heavy atom. The predicted molar refractivity (Wildman–Crippen MR) is 173 cm³/mol. The summed E-state index contributed by atoms with van der Waals surface area (Å²) in [6, 6.07) is 17.8. The molecule has 0 saturated carbocycles. The highest BCUT2D eigenvalue weighted by atomic mass is 16.5. The Balaban J connectivity index is 0.00000274. The molecule has 5 heteroatoms. The first-order valence-electron chi connectivity index (χ1n) is 15.3. The highest BCUT2D eigenvalue weighted by molar-refractivity contribution is 5.56. The van der Waals surface area contributed by atoms with E-state index in [9.17, 15) is 0 Å². The molecule has 2 aromatic carbocycles. The minimum Gasteiger partial charge on any atom is -0.492 e. The number of allylic oxidation sites excluding steroid dienone is 3. The number of rotatable bonds is 17. The molecule has 2 aromatic rings. The molecule has 0 aromatic heterocycles. The van der Waals surface area contributed by atoms with Crippen LogP contribution in [0.4, 0.5) is 5.69 Å². The van der Waals surface area contributed by atoms with Crippen molar-refractivity contribution in [1.29, 1.82) is 0 Å². The van der Waals surface area contributed by atoms with E-state index < -0.39 is 0 Å². The summed E-state index contributed by atoms with van der Waals surface area (Å²) in [5.74, 6) is 1.56. The number of anilines is 1. The number of aliphatic hydroxyl groups is 1. The largest absolute Gasteiger partial charge is 0.492 e. The number of nitrogens with zero attached hydrogens (tertiary/aromatic N) is 3. The maximum Gasteiger partial charge on any atom is 0.119 e. The van der Waals surface area contributed by atoms with Crippen LogP contribution in [-0.2, 0) is 6.54 Å². The van der Waals surface area contributed by atoms with Gasteiger partial charge in [-0.3, -0.25) is 4.90 Å². The van der Waals surface area contributed by atoms with Crippen LogP contribution in [0.3, 0.4) is 0 Å². The van der Waals surface area contributed by atoms with Crippen LogP contribution < -0.4 is 9.64 Å². The van der Waals surface area contributed by atoms with Gasteiger partial charge in [0.2, 0.25) is 0 Å². The summed E-state index contributed by atoms with van der Waals surface area (Å²) in [5.41, 5.74) is 4.20. The molecule has 1 heterocycles. The predicted octanol–water partition coefficient (Wildman–Crippen LogP) is 7.13. The van der Waals surface area contributed by atoms with Gasteiger partial charge in [0.1, 0.15) is 12.4 Å². The first-order valence-corrected chi connectivity index (χ1v) is 15.3. The van der Waals surface area contributed by atoms with E-state index in [4.69, 9.17) is 9.84 Å². The van der Waals surface area contributed by atoms with Gasteiger partial charge < -0.3 is 19.6 Å². The van der Waals surface area contributed by atoms with Gasteiger partial charge in [-0.1, -0.05) is 80.8 Å². The molecule has 1 atom stereocenters. The zero-order valence-electron chi connectivity index (χ0n) is 25.9. The van der Waals surface area contributed by atoms with Crippen molar-refractivity contribution in [2.75, 3.05) is 64.9 Å². The van der Waals surface area contributed by atoms with E-state index in [2.05, 4.69) is 115 Å². The van der Waals surface area contributed by atoms with Crippen molar-refractivity contribution >= 4 is 5.69 Å². The summed E-state index contributed by atoms with van der Waals surface area (Å²) < 4.78 is 6.04. The molecule has 1 N–H and O–H groups in total. The zero-order chi connectivity index (χ0) is 29.0. The Bertz CT molecular complexity index is 973. The Labute approximate surface area is 245 Å². The molecule has 0 radical (unpaired) electrons. The summed E-state index contributed by atoms with van der Waals surface area (Å²) in [4.78, 5) is 7.47. The van der Waals surface area contributed by atoms with Gasteiger partial charge in [0.05, 0.1) is 0 Å². The minimum absolute atomic E-state index is 0.593. The van der Waals surface area contributed by atoms with Gasteiger partial charge in [0, 0.05) is 45.5 Å². The molecule has 0 aliphatic carbocycles. The van der Waals surface area contributed by atoms with Crippen molar-refractivity contribution in [3.63, 3.8) is 0 Å². The lowest BCUT2D eigenvalue weighted by molar-refractivity contribution is 0.234. The first kappa shape index (κ1) is 33.6. The number of unbranched alkanes of at least 4 members (excludes halogenated alkanes) is 3. The molecule has 1 aliphatic rings. The van der Waals surface area contributed by atoms with Crippen molar-refractivity contribution in [1.82, 2.24) is 9.80 Å². The fourth-order valence-corrected chi connectivity index (χ4v) is 5.29. The van der Waals surface area contributed by atoms with Crippen LogP contribution in [0.5, 0.6) is 5.75 Å². The van der Waals surface area contributed by atoms with Crippen LogP contribution in [0.1, 0.15) is 69.9 Å². The molecule has 3 rings (SSSR count). The Morgan fingerprint density at radius 1 is 0.975 bits per heavy atom. The minimum atomic E-state index is 0.593. The summed E-state index contributed by atoms with van der Waals surface area (Å²) in [6.07, 6.45) is 15.1. The molecule has 1 fully saturated rings. The summed E-state index contributed by atoms with van der Waals surface area (Å²) in [5, 5.41) is 7.00. The molecule has 0 spiro atoms. The number of ether oxygens (including phenoxy) is 1. The van der Waals surface area contributed by atoms with Gasteiger partial charge in [-0.05, 0) is 82.1 Å². The van der Waals surface area contributed by atoms with E-state index >= 15 is 0 Å². The standard InChI is InChI=1S/C34H51N3O.CH4O/c1-5-8-10-14-23-35(4)26-27-38-32-20-18-30(19-21-32)28-37(7-3)34-17-13-12-16-33(34)31-22-25-36(29-31)24-15-11-9-6-2;1-2/h6,9,11-13,15-21,31H,5,7-8,10,14,22-29H2,1-4H3;2H,1H3/b9-6-,15-11-;. The van der Waals surface area contributed by atoms with Crippen molar-refractivity contribution in [3.05, 3.63) is 84.0 Å². The third-order valence-electron chi connectivity index (χ3n) is 7.61. The molecule has 1 saturated heterocycles. The number of para-hydroxylation sites is 1. The van der Waals surface area contributed by atoms with Crippen LogP contribution in [-0.4, -0.2) is 74.9 Å². The second-order valence-electron chi connectivity index (χ2n) is 10.6. The Hall–Kier alpha value is -2.60. The molecule has 40 heavy (non-hydrogen) atoms. The van der Waals surface area contributed by atoms with Crippen LogP contribution in [0.25, 0.3) is 0 Å². The highest BCUT2D eigenvalue weighted by Gasteiger charge is 2.26. The zero-order valence-corrected chi connectivity index (χ0v) is 25.9. The second kappa shape index (κ2) is 20.3. The fraction of sp³-hybridized carbons (Fsp3) is 0.543. The highest BCUT2D eigenvalue weighted by Crippen LogP contribution is 2.34. The topological polar surface area (TPSA) is 39.2 Å². The van der Waals surface area contributed by atoms with E-state index in [-0.39, 0.29) is 0 Å². The van der Waals surface area contributed by atoms with E-state index in [1.807, 2.05) is 0 Å². The second-order valence-corrected chi connectivity index (χ2v) is 10.6. The lowest BCUT2D eigenvalue weighted by Crippen LogP contribution is -2.25. The van der Waals surface area contributed by atoms with E-state index in [0.29, 0.717) is 5.92 Å². The lowest BCUT2D eigenvalue weighted by Gasteiger charge is -2.28. The fourth-order valence-electron chi connectivity index (χ4n) is 5.29. The van der Waals surface area contributed by atoms with Crippen molar-refractivity contribution in [2.45, 2.75) is 65.3 Å². The van der Waals surface area contributed by atoms with Gasteiger partial charge in [0.25, 0.3) is 0 Å². The first-order chi connectivity index (χ1) is 19.6. The smallest absolute Gasteiger partial charge is 0.119 e. The average Bonchev–Trinajstić information content (AvgIpc) is 3.47. The van der Waals surface area contributed by atoms with Gasteiger partial charge in [-0.25, -0.2) is 0 Å². The molecular formula is C35H55N3O2. The molecular weight excluding hydrogens is 494 g/mol. The van der Waals surface area contributed by atoms with E-state index in [0.717, 1.165) is 58.7 Å². The number of likely N-dealkylation sites (tertiary alicyclic amines) is 1. The Morgan fingerprint density at radius 3 is 2.48 bits per heavy atom. The number of hydrogen-bond acceptors (Lipinski definition) is 5. The monoisotopic (exact) mass is 549 g/mol. The molecule has 1 aliphatic heterocycles. The normalized spacial score (nSPS) is 15.6. The quantitative estimate of drug-likeness (QED) is 0.168. The van der Waals surface area contributed by atoms with Crippen molar-refractivity contribution in [2.24, 2.45) is 0 Å². The third-order valence-corrected chi connectivity index (χ3v) is 7.61. The molecule has 0 bridgehead atoms.